The van der Waals surface area contributed by atoms with Crippen molar-refractivity contribution in [2.24, 2.45) is 0 Å². The van der Waals surface area contributed by atoms with Crippen LogP contribution in [0.5, 0.6) is 0 Å². The predicted molar refractivity (Wildman–Crippen MR) is 81.8 cm³/mol. The highest BCUT2D eigenvalue weighted by Crippen LogP contribution is 2.28. The molecule has 0 spiro atoms. The fourth-order valence-electron chi connectivity index (χ4n) is 2.96. The van der Waals surface area contributed by atoms with Crippen LogP contribution in [-0.2, 0) is 4.74 Å². The van der Waals surface area contributed by atoms with E-state index in [1.54, 1.807) is 0 Å². The number of hydrogen-bond acceptors (Lipinski definition) is 6. The lowest BCUT2D eigenvalue weighted by Gasteiger charge is -2.28. The normalized spacial score (nSPS) is 22.5. The van der Waals surface area contributed by atoms with E-state index in [1.807, 2.05) is 0 Å². The fourth-order valence-corrected chi connectivity index (χ4v) is 2.96. The average Bonchev–Trinajstić information content (AvgIpc) is 3.08. The van der Waals surface area contributed by atoms with E-state index in [9.17, 15) is 0 Å². The third-order valence-electron chi connectivity index (χ3n) is 4.16. The van der Waals surface area contributed by atoms with Crippen molar-refractivity contribution < 1.29 is 9.84 Å². The van der Waals surface area contributed by atoms with Gasteiger partial charge < -0.3 is 20.1 Å². The Hall–Kier alpha value is -1.40. The lowest BCUT2D eigenvalue weighted by molar-refractivity contribution is 0.193. The molecular formula is C15H24N4O2. The Kier molecular flexibility index (Phi) is 4.87. The zero-order chi connectivity index (χ0) is 14.5. The summed E-state index contributed by atoms with van der Waals surface area (Å²) >= 11 is 0. The van der Waals surface area contributed by atoms with E-state index in [2.05, 4.69) is 26.3 Å². The summed E-state index contributed by atoms with van der Waals surface area (Å²) in [5, 5.41) is 12.1. The summed E-state index contributed by atoms with van der Waals surface area (Å²) < 4.78 is 5.48. The Bertz CT molecular complexity index is 457. The number of rotatable bonds is 5. The van der Waals surface area contributed by atoms with Gasteiger partial charge in [0.15, 0.2) is 0 Å². The average molecular weight is 292 g/mol. The molecule has 0 unspecified atom stereocenters. The second-order valence-electron chi connectivity index (χ2n) is 5.73. The smallest absolute Gasteiger partial charge is 0.224 e. The minimum atomic E-state index is 0.0825. The van der Waals surface area contributed by atoms with Crippen molar-refractivity contribution in [2.45, 2.75) is 31.6 Å². The van der Waals surface area contributed by atoms with Crippen molar-refractivity contribution in [3.63, 3.8) is 0 Å². The number of anilines is 2. The van der Waals surface area contributed by atoms with Gasteiger partial charge in [0.2, 0.25) is 5.95 Å². The molecule has 0 bridgehead atoms. The molecule has 2 fully saturated rings. The minimum absolute atomic E-state index is 0.0825. The van der Waals surface area contributed by atoms with Gasteiger partial charge >= 0.3 is 0 Å². The maximum absolute atomic E-state index is 8.98. The molecule has 0 aromatic carbocycles. The van der Waals surface area contributed by atoms with Crippen LogP contribution in [-0.4, -0.2) is 54.5 Å². The minimum Gasteiger partial charge on any atom is -0.395 e. The van der Waals surface area contributed by atoms with Gasteiger partial charge in [-0.1, -0.05) is 0 Å². The van der Waals surface area contributed by atoms with Gasteiger partial charge in [0.1, 0.15) is 5.82 Å². The first kappa shape index (κ1) is 14.5. The van der Waals surface area contributed by atoms with E-state index >= 15 is 0 Å². The molecule has 3 heterocycles. The number of nitrogens with zero attached hydrogens (tertiary/aromatic N) is 3. The van der Waals surface area contributed by atoms with Crippen LogP contribution < -0.4 is 10.2 Å². The van der Waals surface area contributed by atoms with Crippen LogP contribution in [0, 0.1) is 0 Å². The first-order valence-electron chi connectivity index (χ1n) is 7.93. The number of hydrogen-bond donors (Lipinski definition) is 2. The number of aromatic nitrogens is 2. The van der Waals surface area contributed by atoms with Gasteiger partial charge in [0.05, 0.1) is 18.9 Å². The van der Waals surface area contributed by atoms with Gasteiger partial charge in [-0.25, -0.2) is 4.98 Å². The molecule has 2 aliphatic rings. The molecule has 2 saturated heterocycles. The van der Waals surface area contributed by atoms with Crippen LogP contribution in [0.4, 0.5) is 11.8 Å². The molecule has 1 aromatic rings. The number of piperidine rings is 1. The van der Waals surface area contributed by atoms with E-state index in [4.69, 9.17) is 9.84 Å². The van der Waals surface area contributed by atoms with Gasteiger partial charge in [0, 0.05) is 38.2 Å². The lowest BCUT2D eigenvalue weighted by Crippen LogP contribution is -2.30. The summed E-state index contributed by atoms with van der Waals surface area (Å²) in [4.78, 5) is 11.6. The van der Waals surface area contributed by atoms with Crippen LogP contribution in [0.15, 0.2) is 6.07 Å². The van der Waals surface area contributed by atoms with E-state index in [0.717, 1.165) is 44.2 Å². The standard InChI is InChI=1S/C15H24N4O2/c20-8-5-16-15-17-13(12-4-9-21-11-12)10-14(18-15)19-6-2-1-3-7-19/h10,12,20H,1-9,11H2,(H,16,17,18)/t12-/m0/s1. The van der Waals surface area contributed by atoms with E-state index in [1.165, 1.54) is 19.3 Å². The molecule has 0 saturated carbocycles. The highest BCUT2D eigenvalue weighted by atomic mass is 16.5. The lowest BCUT2D eigenvalue weighted by atomic mass is 10.0. The maximum atomic E-state index is 8.98. The second-order valence-corrected chi connectivity index (χ2v) is 5.73. The molecule has 0 amide bonds. The molecule has 2 aliphatic heterocycles. The summed E-state index contributed by atoms with van der Waals surface area (Å²) in [5.41, 5.74) is 1.06. The predicted octanol–water partition coefficient (Wildman–Crippen LogP) is 1.37. The van der Waals surface area contributed by atoms with Crippen molar-refractivity contribution in [2.75, 3.05) is 49.7 Å². The van der Waals surface area contributed by atoms with Crippen molar-refractivity contribution in [1.82, 2.24) is 9.97 Å². The summed E-state index contributed by atoms with van der Waals surface area (Å²) in [6.45, 7) is 4.25. The Morgan fingerprint density at radius 3 is 2.86 bits per heavy atom. The van der Waals surface area contributed by atoms with Crippen molar-refractivity contribution >= 4 is 11.8 Å². The quantitative estimate of drug-likeness (QED) is 0.854. The number of ether oxygens (including phenoxy) is 1. The zero-order valence-corrected chi connectivity index (χ0v) is 12.4. The maximum Gasteiger partial charge on any atom is 0.224 e. The molecule has 6 nitrogen and oxygen atoms in total. The Balaban J connectivity index is 1.84. The van der Waals surface area contributed by atoms with Crippen LogP contribution in [0.25, 0.3) is 0 Å². The Labute approximate surface area is 125 Å². The Morgan fingerprint density at radius 1 is 1.29 bits per heavy atom. The summed E-state index contributed by atoms with van der Waals surface area (Å²) in [7, 11) is 0. The topological polar surface area (TPSA) is 70.5 Å². The fraction of sp³-hybridized carbons (Fsp3) is 0.733. The molecule has 1 aromatic heterocycles. The SMILES string of the molecule is OCCNc1nc([C@H]2CCOC2)cc(N2CCCCC2)n1. The van der Waals surface area contributed by atoms with Crippen molar-refractivity contribution in [1.29, 1.82) is 0 Å². The molecule has 2 N–H and O–H groups in total. The van der Waals surface area contributed by atoms with Crippen molar-refractivity contribution in [3.8, 4) is 0 Å². The van der Waals surface area contributed by atoms with Gasteiger partial charge in [-0.2, -0.15) is 4.98 Å². The van der Waals surface area contributed by atoms with Crippen LogP contribution in [0.2, 0.25) is 0 Å². The van der Waals surface area contributed by atoms with Gasteiger partial charge in [-0.3, -0.25) is 0 Å². The molecular weight excluding hydrogens is 268 g/mol. The van der Waals surface area contributed by atoms with E-state index in [-0.39, 0.29) is 6.61 Å². The first-order chi connectivity index (χ1) is 10.4. The summed E-state index contributed by atoms with van der Waals surface area (Å²) in [6.07, 6.45) is 4.78. The second kappa shape index (κ2) is 7.04. The highest BCUT2D eigenvalue weighted by molar-refractivity contribution is 5.46. The molecule has 0 radical (unpaired) electrons. The van der Waals surface area contributed by atoms with Crippen LogP contribution in [0.1, 0.15) is 37.3 Å². The van der Waals surface area contributed by atoms with Gasteiger partial charge in [-0.15, -0.1) is 0 Å². The molecule has 1 atom stereocenters. The third kappa shape index (κ3) is 3.63. The molecule has 0 aliphatic carbocycles. The largest absolute Gasteiger partial charge is 0.395 e. The van der Waals surface area contributed by atoms with Crippen LogP contribution in [0.3, 0.4) is 0 Å². The molecule has 116 valence electrons. The van der Waals surface area contributed by atoms with Crippen molar-refractivity contribution in [3.05, 3.63) is 11.8 Å². The number of aliphatic hydroxyl groups is 1. The van der Waals surface area contributed by atoms with Gasteiger partial charge in [-0.05, 0) is 25.7 Å². The van der Waals surface area contributed by atoms with E-state index < -0.39 is 0 Å². The molecule has 3 rings (SSSR count). The Morgan fingerprint density at radius 2 is 2.14 bits per heavy atom. The molecule has 6 heteroatoms. The zero-order valence-electron chi connectivity index (χ0n) is 12.4. The van der Waals surface area contributed by atoms with Gasteiger partial charge in [0.25, 0.3) is 0 Å². The summed E-state index contributed by atoms with van der Waals surface area (Å²) in [5.74, 6) is 1.99. The summed E-state index contributed by atoms with van der Waals surface area (Å²) in [6, 6.07) is 2.12. The molecule has 21 heavy (non-hydrogen) atoms. The third-order valence-corrected chi connectivity index (χ3v) is 4.16. The monoisotopic (exact) mass is 292 g/mol. The highest BCUT2D eigenvalue weighted by Gasteiger charge is 2.22. The van der Waals surface area contributed by atoms with Crippen LogP contribution >= 0.6 is 0 Å². The number of aliphatic hydroxyl groups excluding tert-OH is 1. The first-order valence-corrected chi connectivity index (χ1v) is 7.93. The number of nitrogens with one attached hydrogen (secondary N) is 1. The van der Waals surface area contributed by atoms with E-state index in [0.29, 0.717) is 18.4 Å².